The second-order valence-corrected chi connectivity index (χ2v) is 6.21. The molecule has 9 heteroatoms. The smallest absolute Gasteiger partial charge is 0.395 e. The molecule has 3 aromatic rings. The van der Waals surface area contributed by atoms with Crippen molar-refractivity contribution < 1.29 is 14.1 Å². The van der Waals surface area contributed by atoms with E-state index in [9.17, 15) is 14.9 Å². The average Bonchev–Trinajstić information content (AvgIpc) is 3.06. The molecule has 2 heterocycles. The highest BCUT2D eigenvalue weighted by Crippen LogP contribution is 2.25. The number of furan rings is 1. The Balaban J connectivity index is 2.08. The molecule has 0 aliphatic rings. The van der Waals surface area contributed by atoms with E-state index in [0.29, 0.717) is 4.80 Å². The Kier molecular flexibility index (Phi) is 3.67. The van der Waals surface area contributed by atoms with E-state index in [-0.39, 0.29) is 5.76 Å². The van der Waals surface area contributed by atoms with Gasteiger partial charge in [-0.15, -0.1) is 0 Å². The predicted octanol–water partition coefficient (Wildman–Crippen LogP) is 3.24. The normalized spacial score (nSPS) is 12.0. The molecular formula is C13H8BrN3O4S. The maximum atomic E-state index is 12.1. The molecule has 2 aromatic heterocycles. The summed E-state index contributed by atoms with van der Waals surface area (Å²) in [7, 11) is 1.79. The Morgan fingerprint density at radius 1 is 1.41 bits per heavy atom. The number of amides is 1. The summed E-state index contributed by atoms with van der Waals surface area (Å²) in [6, 6.07) is 8.09. The summed E-state index contributed by atoms with van der Waals surface area (Å²) in [4.78, 5) is 26.4. The number of nitrogens with zero attached hydrogens (tertiary/aromatic N) is 3. The minimum atomic E-state index is -0.701. The molecule has 112 valence electrons. The van der Waals surface area contributed by atoms with Gasteiger partial charge in [0.2, 0.25) is 5.76 Å². The van der Waals surface area contributed by atoms with Gasteiger partial charge in [-0.2, -0.15) is 4.99 Å². The van der Waals surface area contributed by atoms with Crippen LogP contribution in [0.1, 0.15) is 10.6 Å². The van der Waals surface area contributed by atoms with Crippen LogP contribution in [0.15, 0.2) is 44.2 Å². The van der Waals surface area contributed by atoms with E-state index in [0.717, 1.165) is 20.8 Å². The number of hydrogen-bond acceptors (Lipinski definition) is 5. The van der Waals surface area contributed by atoms with Crippen molar-refractivity contribution in [3.8, 4) is 0 Å². The van der Waals surface area contributed by atoms with Crippen molar-refractivity contribution in [1.29, 1.82) is 0 Å². The minimum absolute atomic E-state index is 0.164. The number of aryl methyl sites for hydroxylation is 1. The SMILES string of the molecule is Cn1c(=NC(=O)c2ccc([N+](=O)[O-])o2)sc2cccc(Br)c21. The minimum Gasteiger partial charge on any atom is -0.395 e. The molecule has 1 amide bonds. The predicted molar refractivity (Wildman–Crippen MR) is 83.8 cm³/mol. The number of nitro groups is 1. The summed E-state index contributed by atoms with van der Waals surface area (Å²) in [6.07, 6.45) is 0. The zero-order chi connectivity index (χ0) is 15.9. The molecule has 0 fully saturated rings. The Morgan fingerprint density at radius 3 is 2.82 bits per heavy atom. The lowest BCUT2D eigenvalue weighted by Crippen LogP contribution is -2.13. The number of aromatic nitrogens is 1. The summed E-state index contributed by atoms with van der Waals surface area (Å²) in [6.45, 7) is 0. The van der Waals surface area contributed by atoms with Gasteiger partial charge < -0.3 is 8.98 Å². The first-order valence-electron chi connectivity index (χ1n) is 6.04. The molecule has 0 aliphatic carbocycles. The van der Waals surface area contributed by atoms with E-state index in [4.69, 9.17) is 4.42 Å². The first-order chi connectivity index (χ1) is 10.5. The zero-order valence-electron chi connectivity index (χ0n) is 11.1. The number of para-hydroxylation sites is 1. The number of fused-ring (bicyclic) bond motifs is 1. The van der Waals surface area contributed by atoms with Crippen LogP contribution in [0.4, 0.5) is 5.88 Å². The van der Waals surface area contributed by atoms with E-state index in [1.807, 2.05) is 18.2 Å². The van der Waals surface area contributed by atoms with Gasteiger partial charge >= 0.3 is 11.8 Å². The van der Waals surface area contributed by atoms with Crippen molar-refractivity contribution in [2.45, 2.75) is 0 Å². The van der Waals surface area contributed by atoms with Crippen LogP contribution in [0.2, 0.25) is 0 Å². The number of rotatable bonds is 2. The number of benzene rings is 1. The molecule has 0 saturated carbocycles. The molecule has 0 atom stereocenters. The van der Waals surface area contributed by atoms with Gasteiger partial charge in [0.1, 0.15) is 4.92 Å². The molecule has 1 aromatic carbocycles. The molecule has 3 rings (SSSR count). The van der Waals surface area contributed by atoms with E-state index in [1.165, 1.54) is 17.4 Å². The molecule has 22 heavy (non-hydrogen) atoms. The molecule has 0 aliphatic heterocycles. The zero-order valence-corrected chi connectivity index (χ0v) is 13.6. The van der Waals surface area contributed by atoms with Crippen molar-refractivity contribution in [2.24, 2.45) is 12.0 Å². The second-order valence-electron chi connectivity index (χ2n) is 4.34. The van der Waals surface area contributed by atoms with Crippen molar-refractivity contribution >= 4 is 49.3 Å². The standard InChI is InChI=1S/C13H8BrN3O4S/c1-16-11-7(14)3-2-4-9(11)22-13(16)15-12(18)8-5-6-10(21-8)17(19)20/h2-6H,1H3. The van der Waals surface area contributed by atoms with Gasteiger partial charge in [0.05, 0.1) is 16.3 Å². The third-order valence-electron chi connectivity index (χ3n) is 2.95. The highest BCUT2D eigenvalue weighted by Gasteiger charge is 2.17. The molecule has 0 bridgehead atoms. The molecule has 0 radical (unpaired) electrons. The van der Waals surface area contributed by atoms with Crippen LogP contribution in [0.5, 0.6) is 0 Å². The first-order valence-corrected chi connectivity index (χ1v) is 7.65. The molecule has 0 spiro atoms. The average molecular weight is 382 g/mol. The van der Waals surface area contributed by atoms with Crippen molar-refractivity contribution in [3.05, 3.63) is 55.5 Å². The first kappa shape index (κ1) is 14.7. The Morgan fingerprint density at radius 2 is 2.18 bits per heavy atom. The Bertz CT molecular complexity index is 969. The van der Waals surface area contributed by atoms with Crippen molar-refractivity contribution in [1.82, 2.24) is 4.57 Å². The van der Waals surface area contributed by atoms with Crippen LogP contribution in [0, 0.1) is 10.1 Å². The molecule has 0 saturated heterocycles. The van der Waals surface area contributed by atoms with Crippen LogP contribution in [-0.2, 0) is 7.05 Å². The lowest BCUT2D eigenvalue weighted by Gasteiger charge is -1.97. The number of carbonyl (C=O) groups excluding carboxylic acids is 1. The van der Waals surface area contributed by atoms with Crippen LogP contribution < -0.4 is 4.80 Å². The van der Waals surface area contributed by atoms with Crippen LogP contribution in [-0.4, -0.2) is 15.4 Å². The maximum Gasteiger partial charge on any atom is 0.433 e. The Hall–Kier alpha value is -2.26. The van der Waals surface area contributed by atoms with Gasteiger partial charge in [-0.3, -0.25) is 14.9 Å². The fourth-order valence-corrected chi connectivity index (χ4v) is 3.75. The van der Waals surface area contributed by atoms with Gasteiger partial charge in [-0.25, -0.2) is 0 Å². The third kappa shape index (κ3) is 2.48. The highest BCUT2D eigenvalue weighted by atomic mass is 79.9. The van der Waals surface area contributed by atoms with Crippen LogP contribution >= 0.6 is 27.3 Å². The quantitative estimate of drug-likeness (QED) is 0.503. The second kappa shape index (κ2) is 5.50. The number of thiazole rings is 1. The molecular weight excluding hydrogens is 374 g/mol. The largest absolute Gasteiger partial charge is 0.433 e. The topological polar surface area (TPSA) is 90.6 Å². The molecule has 0 N–H and O–H groups in total. The van der Waals surface area contributed by atoms with Gasteiger partial charge in [0.25, 0.3) is 0 Å². The van der Waals surface area contributed by atoms with Gasteiger partial charge in [-0.05, 0) is 34.1 Å². The fraction of sp³-hybridized carbons (Fsp3) is 0.0769. The molecule has 0 unspecified atom stereocenters. The summed E-state index contributed by atoms with van der Waals surface area (Å²) in [5.74, 6) is -1.31. The van der Waals surface area contributed by atoms with Crippen molar-refractivity contribution in [3.63, 3.8) is 0 Å². The third-order valence-corrected chi connectivity index (χ3v) is 4.69. The van der Waals surface area contributed by atoms with E-state index in [2.05, 4.69) is 20.9 Å². The molecule has 7 nitrogen and oxygen atoms in total. The summed E-state index contributed by atoms with van der Waals surface area (Å²) in [5.41, 5.74) is 0.921. The maximum absolute atomic E-state index is 12.1. The van der Waals surface area contributed by atoms with Crippen LogP contribution in [0.25, 0.3) is 10.2 Å². The number of carbonyl (C=O) groups is 1. The summed E-state index contributed by atoms with van der Waals surface area (Å²) >= 11 is 4.80. The van der Waals surface area contributed by atoms with Gasteiger partial charge in [0.15, 0.2) is 4.80 Å². The highest BCUT2D eigenvalue weighted by molar-refractivity contribution is 9.10. The van der Waals surface area contributed by atoms with Crippen molar-refractivity contribution in [2.75, 3.05) is 0 Å². The summed E-state index contributed by atoms with van der Waals surface area (Å²) < 4.78 is 8.50. The van der Waals surface area contributed by atoms with E-state index in [1.54, 1.807) is 11.6 Å². The lowest BCUT2D eigenvalue weighted by atomic mass is 10.3. The van der Waals surface area contributed by atoms with Gasteiger partial charge in [-0.1, -0.05) is 17.4 Å². The summed E-state index contributed by atoms with van der Waals surface area (Å²) in [5, 5.41) is 10.6. The number of halogens is 1. The Labute approximate surface area is 135 Å². The fourth-order valence-electron chi connectivity index (χ4n) is 1.95. The lowest BCUT2D eigenvalue weighted by molar-refractivity contribution is -0.402. The van der Waals surface area contributed by atoms with Crippen LogP contribution in [0.3, 0.4) is 0 Å². The van der Waals surface area contributed by atoms with Gasteiger partial charge in [0, 0.05) is 11.5 Å². The number of hydrogen-bond donors (Lipinski definition) is 0. The van der Waals surface area contributed by atoms with E-state index >= 15 is 0 Å². The van der Waals surface area contributed by atoms with E-state index < -0.39 is 16.7 Å². The monoisotopic (exact) mass is 381 g/mol.